The number of hydrogen-bond acceptors (Lipinski definition) is 4. The highest BCUT2D eigenvalue weighted by Crippen LogP contribution is 2.28. The Labute approximate surface area is 123 Å². The first-order valence-corrected chi connectivity index (χ1v) is 7.02. The molecular weight excluding hydrogens is 274 g/mol. The first-order valence-electron chi connectivity index (χ1n) is 7.02. The van der Waals surface area contributed by atoms with E-state index < -0.39 is 17.7 Å². The van der Waals surface area contributed by atoms with Gasteiger partial charge in [-0.1, -0.05) is 0 Å². The van der Waals surface area contributed by atoms with Crippen LogP contribution in [-0.2, 0) is 22.5 Å². The number of carboxylic acid groups (broad SMARTS) is 1. The average Bonchev–Trinajstić information content (AvgIpc) is 2.68. The summed E-state index contributed by atoms with van der Waals surface area (Å²) in [5.74, 6) is -0.938. The number of carbonyl (C=O) groups excluding carboxylic acids is 1. The first-order chi connectivity index (χ1) is 9.74. The van der Waals surface area contributed by atoms with Crippen LogP contribution in [0.3, 0.4) is 0 Å². The second-order valence-corrected chi connectivity index (χ2v) is 6.22. The quantitative estimate of drug-likeness (QED) is 0.888. The van der Waals surface area contributed by atoms with E-state index in [0.29, 0.717) is 0 Å². The number of aromatic nitrogens is 2. The molecule has 1 heterocycles. The van der Waals surface area contributed by atoms with Crippen molar-refractivity contribution in [3.05, 3.63) is 17.5 Å². The summed E-state index contributed by atoms with van der Waals surface area (Å²) in [6.07, 6.45) is 3.81. The van der Waals surface area contributed by atoms with Crippen molar-refractivity contribution in [2.75, 3.05) is 0 Å². The molecule has 2 rings (SSSR count). The van der Waals surface area contributed by atoms with Crippen molar-refractivity contribution in [2.24, 2.45) is 0 Å². The standard InChI is InChI=1S/C14H21N3O4/c1-14(2,3)21-13(20)15-10-6-4-5-9-7-17(8-11(18)19)16-12(9)10/h7,10H,4-6,8H2,1-3H3,(H,15,20)(H,18,19). The number of rotatable bonds is 3. The molecule has 116 valence electrons. The Morgan fingerprint density at radius 3 is 2.86 bits per heavy atom. The van der Waals surface area contributed by atoms with Gasteiger partial charge in [0.25, 0.3) is 0 Å². The third-order valence-corrected chi connectivity index (χ3v) is 3.13. The second-order valence-electron chi connectivity index (χ2n) is 6.22. The smallest absolute Gasteiger partial charge is 0.408 e. The van der Waals surface area contributed by atoms with Crippen molar-refractivity contribution >= 4 is 12.1 Å². The molecule has 0 radical (unpaired) electrons. The number of aliphatic carboxylic acids is 1. The summed E-state index contributed by atoms with van der Waals surface area (Å²) in [5.41, 5.74) is 1.18. The maximum atomic E-state index is 11.9. The zero-order valence-corrected chi connectivity index (χ0v) is 12.5. The largest absolute Gasteiger partial charge is 0.480 e. The van der Waals surface area contributed by atoms with E-state index >= 15 is 0 Å². The fraction of sp³-hybridized carbons (Fsp3) is 0.643. The molecule has 0 aromatic carbocycles. The van der Waals surface area contributed by atoms with Gasteiger partial charge in [-0.2, -0.15) is 5.10 Å². The van der Waals surface area contributed by atoms with E-state index in [-0.39, 0.29) is 12.6 Å². The van der Waals surface area contributed by atoms with Crippen LogP contribution in [0.5, 0.6) is 0 Å². The highest BCUT2D eigenvalue weighted by molar-refractivity contribution is 5.68. The lowest BCUT2D eigenvalue weighted by molar-refractivity contribution is -0.137. The summed E-state index contributed by atoms with van der Waals surface area (Å²) in [6, 6.07) is -0.223. The van der Waals surface area contributed by atoms with Crippen LogP contribution in [0.25, 0.3) is 0 Å². The molecule has 0 saturated carbocycles. The van der Waals surface area contributed by atoms with Crippen molar-refractivity contribution in [3.8, 4) is 0 Å². The molecule has 0 spiro atoms. The van der Waals surface area contributed by atoms with Crippen molar-refractivity contribution in [2.45, 2.75) is 58.2 Å². The molecule has 1 aliphatic rings. The number of ether oxygens (including phenoxy) is 1. The first kappa shape index (κ1) is 15.3. The maximum absolute atomic E-state index is 11.9. The summed E-state index contributed by atoms with van der Waals surface area (Å²) in [7, 11) is 0. The second kappa shape index (κ2) is 5.75. The van der Waals surface area contributed by atoms with Crippen LogP contribution in [-0.4, -0.2) is 32.6 Å². The number of carboxylic acids is 1. The van der Waals surface area contributed by atoms with E-state index in [4.69, 9.17) is 9.84 Å². The molecule has 1 aromatic heterocycles. The lowest BCUT2D eigenvalue weighted by Crippen LogP contribution is -2.36. The molecule has 1 unspecified atom stereocenters. The molecule has 0 saturated heterocycles. The Morgan fingerprint density at radius 1 is 1.52 bits per heavy atom. The van der Waals surface area contributed by atoms with E-state index in [1.807, 2.05) is 0 Å². The van der Waals surface area contributed by atoms with Crippen LogP contribution in [0.2, 0.25) is 0 Å². The normalized spacial score (nSPS) is 18.0. The summed E-state index contributed by atoms with van der Waals surface area (Å²) >= 11 is 0. The monoisotopic (exact) mass is 295 g/mol. The van der Waals surface area contributed by atoms with Crippen LogP contribution in [0.15, 0.2) is 6.20 Å². The predicted molar refractivity (Wildman–Crippen MR) is 74.9 cm³/mol. The molecule has 21 heavy (non-hydrogen) atoms. The van der Waals surface area contributed by atoms with Crippen molar-refractivity contribution in [1.82, 2.24) is 15.1 Å². The molecule has 0 aliphatic heterocycles. The van der Waals surface area contributed by atoms with Crippen LogP contribution >= 0.6 is 0 Å². The number of fused-ring (bicyclic) bond motifs is 1. The Morgan fingerprint density at radius 2 is 2.24 bits per heavy atom. The minimum Gasteiger partial charge on any atom is -0.480 e. The van der Waals surface area contributed by atoms with Gasteiger partial charge in [0.15, 0.2) is 0 Å². The fourth-order valence-electron chi connectivity index (χ4n) is 2.41. The maximum Gasteiger partial charge on any atom is 0.408 e. The molecule has 1 atom stereocenters. The van der Waals surface area contributed by atoms with Gasteiger partial charge in [-0.3, -0.25) is 9.48 Å². The molecule has 7 heteroatoms. The minimum atomic E-state index is -0.938. The zero-order chi connectivity index (χ0) is 15.6. The zero-order valence-electron chi connectivity index (χ0n) is 12.5. The van der Waals surface area contributed by atoms with E-state index in [0.717, 1.165) is 30.5 Å². The van der Waals surface area contributed by atoms with Crippen molar-refractivity contribution < 1.29 is 19.4 Å². The van der Waals surface area contributed by atoms with E-state index in [1.54, 1.807) is 27.0 Å². The summed E-state index contributed by atoms with van der Waals surface area (Å²) in [5, 5.41) is 15.9. The van der Waals surface area contributed by atoms with Crippen molar-refractivity contribution in [3.63, 3.8) is 0 Å². The molecule has 0 bridgehead atoms. The van der Waals surface area contributed by atoms with Crippen LogP contribution in [0.1, 0.15) is 50.9 Å². The lowest BCUT2D eigenvalue weighted by atomic mass is 9.94. The SMILES string of the molecule is CC(C)(C)OC(=O)NC1CCCc2cn(CC(=O)O)nc21. The minimum absolute atomic E-state index is 0.174. The van der Waals surface area contributed by atoms with Gasteiger partial charge in [-0.15, -0.1) is 0 Å². The van der Waals surface area contributed by atoms with E-state index in [9.17, 15) is 9.59 Å². The van der Waals surface area contributed by atoms with E-state index in [2.05, 4.69) is 10.4 Å². The number of nitrogens with one attached hydrogen (secondary N) is 1. The van der Waals surface area contributed by atoms with Gasteiger partial charge in [0.2, 0.25) is 0 Å². The number of carbonyl (C=O) groups is 2. The Kier molecular flexibility index (Phi) is 4.20. The Hall–Kier alpha value is -2.05. The van der Waals surface area contributed by atoms with Gasteiger partial charge in [0, 0.05) is 6.20 Å². The van der Waals surface area contributed by atoms with Crippen LogP contribution in [0, 0.1) is 0 Å². The van der Waals surface area contributed by atoms with Crippen LogP contribution in [0.4, 0.5) is 4.79 Å². The molecule has 1 aliphatic carbocycles. The third kappa shape index (κ3) is 4.21. The van der Waals surface area contributed by atoms with Gasteiger partial charge < -0.3 is 15.2 Å². The highest BCUT2D eigenvalue weighted by atomic mass is 16.6. The van der Waals surface area contributed by atoms with Gasteiger partial charge in [-0.25, -0.2) is 4.79 Å². The van der Waals surface area contributed by atoms with Gasteiger partial charge in [0.1, 0.15) is 12.1 Å². The van der Waals surface area contributed by atoms with Crippen molar-refractivity contribution in [1.29, 1.82) is 0 Å². The molecular formula is C14H21N3O4. The number of nitrogens with zero attached hydrogens (tertiary/aromatic N) is 2. The summed E-state index contributed by atoms with van der Waals surface area (Å²) in [6.45, 7) is 5.24. The number of amides is 1. The molecule has 1 amide bonds. The van der Waals surface area contributed by atoms with E-state index in [1.165, 1.54) is 4.68 Å². The molecule has 7 nitrogen and oxygen atoms in total. The summed E-state index contributed by atoms with van der Waals surface area (Å²) < 4.78 is 6.65. The van der Waals surface area contributed by atoms with Gasteiger partial charge >= 0.3 is 12.1 Å². The van der Waals surface area contributed by atoms with Gasteiger partial charge in [0.05, 0.1) is 11.7 Å². The molecule has 0 fully saturated rings. The fourth-order valence-corrected chi connectivity index (χ4v) is 2.41. The number of aryl methyl sites for hydroxylation is 1. The predicted octanol–water partition coefficient (Wildman–Crippen LogP) is 1.87. The Bertz CT molecular complexity index is 545. The number of alkyl carbamates (subject to hydrolysis) is 1. The molecule has 2 N–H and O–H groups in total. The highest BCUT2D eigenvalue weighted by Gasteiger charge is 2.27. The van der Waals surface area contributed by atoms with Gasteiger partial charge in [-0.05, 0) is 45.6 Å². The number of hydrogen-bond donors (Lipinski definition) is 2. The molecule has 1 aromatic rings. The lowest BCUT2D eigenvalue weighted by Gasteiger charge is -2.25. The third-order valence-electron chi connectivity index (χ3n) is 3.13. The van der Waals surface area contributed by atoms with Crippen LogP contribution < -0.4 is 5.32 Å². The summed E-state index contributed by atoms with van der Waals surface area (Å²) in [4.78, 5) is 22.6. The average molecular weight is 295 g/mol. The topological polar surface area (TPSA) is 93.5 Å². The Balaban J connectivity index is 2.09.